The summed E-state index contributed by atoms with van der Waals surface area (Å²) in [6.45, 7) is 4.44. The molecule has 1 N–H and O–H groups in total. The summed E-state index contributed by atoms with van der Waals surface area (Å²) in [5.41, 5.74) is 2.21. The maximum Gasteiger partial charge on any atom is 0.301 e. The standard InChI is InChI=1S/C27H22N2O5S2/c1-3-33-17-7-8-18-21(13-17)36-27(28-18)29-23(20-5-4-10-35-20)22(25(31)26(29)32)24(30)15-6-9-19-16(12-15)11-14(2)34-19/h4-10,12-14,23,30H,3,11H2,1-2H3/t14-,23+/m1/s1. The van der Waals surface area contributed by atoms with Gasteiger partial charge < -0.3 is 14.6 Å². The number of fused-ring (bicyclic) bond motifs is 2. The van der Waals surface area contributed by atoms with E-state index in [2.05, 4.69) is 4.98 Å². The molecule has 1 fully saturated rings. The lowest BCUT2D eigenvalue weighted by molar-refractivity contribution is -0.132. The molecule has 1 amide bonds. The van der Waals surface area contributed by atoms with Gasteiger partial charge in [-0.25, -0.2) is 4.98 Å². The van der Waals surface area contributed by atoms with Crippen LogP contribution in [0, 0.1) is 0 Å². The van der Waals surface area contributed by atoms with Crippen molar-refractivity contribution in [2.45, 2.75) is 32.4 Å². The van der Waals surface area contributed by atoms with Crippen molar-refractivity contribution in [3.8, 4) is 11.5 Å². The van der Waals surface area contributed by atoms with Gasteiger partial charge in [-0.05, 0) is 67.3 Å². The molecule has 36 heavy (non-hydrogen) atoms. The Kier molecular flexibility index (Phi) is 5.54. The van der Waals surface area contributed by atoms with Gasteiger partial charge in [0, 0.05) is 16.9 Å². The van der Waals surface area contributed by atoms with Crippen molar-refractivity contribution < 1.29 is 24.2 Å². The first-order valence-corrected chi connectivity index (χ1v) is 13.3. The van der Waals surface area contributed by atoms with E-state index >= 15 is 0 Å². The second-order valence-corrected chi connectivity index (χ2v) is 10.7. The number of rotatable bonds is 5. The molecule has 7 nitrogen and oxygen atoms in total. The molecule has 2 aliphatic rings. The minimum absolute atomic E-state index is 0.0522. The third-order valence-electron chi connectivity index (χ3n) is 6.29. The molecule has 2 aromatic heterocycles. The zero-order valence-corrected chi connectivity index (χ0v) is 21.2. The lowest BCUT2D eigenvalue weighted by atomic mass is 9.98. The number of nitrogens with zero attached hydrogens (tertiary/aromatic N) is 2. The van der Waals surface area contributed by atoms with Gasteiger partial charge in [0.25, 0.3) is 5.78 Å². The number of benzene rings is 2. The second kappa shape index (κ2) is 8.76. The third-order valence-corrected chi connectivity index (χ3v) is 8.23. The highest BCUT2D eigenvalue weighted by atomic mass is 32.1. The van der Waals surface area contributed by atoms with Gasteiger partial charge in [-0.3, -0.25) is 14.5 Å². The zero-order valence-electron chi connectivity index (χ0n) is 19.6. The van der Waals surface area contributed by atoms with Crippen molar-refractivity contribution in [1.82, 2.24) is 4.98 Å². The third kappa shape index (κ3) is 3.66. The lowest BCUT2D eigenvalue weighted by Gasteiger charge is -2.21. The summed E-state index contributed by atoms with van der Waals surface area (Å²) in [5, 5.41) is 13.7. The van der Waals surface area contributed by atoms with Gasteiger partial charge in [0.15, 0.2) is 5.13 Å². The maximum absolute atomic E-state index is 13.4. The van der Waals surface area contributed by atoms with E-state index in [1.807, 2.05) is 55.6 Å². The highest BCUT2D eigenvalue weighted by Gasteiger charge is 2.48. The van der Waals surface area contributed by atoms with Crippen LogP contribution in [-0.4, -0.2) is 34.5 Å². The fraction of sp³-hybridized carbons (Fsp3) is 0.222. The molecule has 0 radical (unpaired) electrons. The Labute approximate surface area is 215 Å². The Balaban J connectivity index is 1.48. The van der Waals surface area contributed by atoms with Gasteiger partial charge in [0.05, 0.1) is 22.4 Å². The van der Waals surface area contributed by atoms with Gasteiger partial charge in [-0.15, -0.1) is 11.3 Å². The first-order valence-electron chi connectivity index (χ1n) is 11.6. The number of anilines is 1. The summed E-state index contributed by atoms with van der Waals surface area (Å²) < 4.78 is 12.2. The molecule has 2 aromatic carbocycles. The molecular weight excluding hydrogens is 496 g/mol. The van der Waals surface area contributed by atoms with E-state index in [1.54, 1.807) is 12.1 Å². The zero-order chi connectivity index (χ0) is 25.0. The molecule has 1 saturated heterocycles. The molecule has 9 heteroatoms. The van der Waals surface area contributed by atoms with E-state index in [-0.39, 0.29) is 17.4 Å². The number of thiazole rings is 1. The van der Waals surface area contributed by atoms with Gasteiger partial charge in [-0.2, -0.15) is 0 Å². The summed E-state index contributed by atoms with van der Waals surface area (Å²) >= 11 is 2.73. The first kappa shape index (κ1) is 22.8. The highest BCUT2D eigenvalue weighted by Crippen LogP contribution is 2.46. The number of thiophene rings is 1. The lowest BCUT2D eigenvalue weighted by Crippen LogP contribution is -2.28. The number of ether oxygens (including phenoxy) is 2. The molecule has 0 saturated carbocycles. The van der Waals surface area contributed by atoms with Crippen molar-refractivity contribution in [3.63, 3.8) is 0 Å². The largest absolute Gasteiger partial charge is 0.507 e. The highest BCUT2D eigenvalue weighted by molar-refractivity contribution is 7.22. The van der Waals surface area contributed by atoms with E-state index in [4.69, 9.17) is 9.47 Å². The van der Waals surface area contributed by atoms with Gasteiger partial charge >= 0.3 is 5.91 Å². The van der Waals surface area contributed by atoms with E-state index in [0.29, 0.717) is 35.0 Å². The predicted molar refractivity (Wildman–Crippen MR) is 140 cm³/mol. The van der Waals surface area contributed by atoms with E-state index < -0.39 is 17.7 Å². The Morgan fingerprint density at radius 2 is 2.08 bits per heavy atom. The van der Waals surface area contributed by atoms with Crippen LogP contribution >= 0.6 is 22.7 Å². The summed E-state index contributed by atoms with van der Waals surface area (Å²) in [7, 11) is 0. The van der Waals surface area contributed by atoms with Crippen LogP contribution in [0.1, 0.15) is 35.9 Å². The van der Waals surface area contributed by atoms with Crippen LogP contribution in [0.4, 0.5) is 5.13 Å². The van der Waals surface area contributed by atoms with E-state index in [1.165, 1.54) is 27.6 Å². The fourth-order valence-electron chi connectivity index (χ4n) is 4.72. The average Bonchev–Trinajstić information content (AvgIpc) is 3.64. The van der Waals surface area contributed by atoms with Gasteiger partial charge in [0.2, 0.25) is 0 Å². The molecule has 2 aliphatic heterocycles. The van der Waals surface area contributed by atoms with Crippen LogP contribution in [0.2, 0.25) is 0 Å². The number of amides is 1. The second-order valence-electron chi connectivity index (χ2n) is 8.70. The number of carbonyl (C=O) groups excluding carboxylic acids is 2. The van der Waals surface area contributed by atoms with Crippen molar-refractivity contribution in [2.75, 3.05) is 11.5 Å². The molecule has 4 aromatic rings. The molecular formula is C27H22N2O5S2. The van der Waals surface area contributed by atoms with Gasteiger partial charge in [0.1, 0.15) is 29.4 Å². The molecule has 0 bridgehead atoms. The molecule has 0 unspecified atom stereocenters. The Hall–Kier alpha value is -3.69. The number of hydrogen-bond donors (Lipinski definition) is 1. The molecule has 182 valence electrons. The summed E-state index contributed by atoms with van der Waals surface area (Å²) in [6, 6.07) is 13.8. The topological polar surface area (TPSA) is 89.0 Å². The minimum Gasteiger partial charge on any atom is -0.507 e. The average molecular weight is 519 g/mol. The Morgan fingerprint density at radius 3 is 2.86 bits per heavy atom. The predicted octanol–water partition coefficient (Wildman–Crippen LogP) is 5.71. The van der Waals surface area contributed by atoms with Crippen LogP contribution in [0.5, 0.6) is 11.5 Å². The molecule has 4 heterocycles. The van der Waals surface area contributed by atoms with Crippen molar-refractivity contribution in [3.05, 3.63) is 75.5 Å². The van der Waals surface area contributed by atoms with Crippen LogP contribution < -0.4 is 14.4 Å². The minimum atomic E-state index is -0.777. The number of aliphatic hydroxyl groups excluding tert-OH is 1. The van der Waals surface area contributed by atoms with Crippen LogP contribution in [0.15, 0.2) is 59.5 Å². The van der Waals surface area contributed by atoms with Crippen molar-refractivity contribution in [1.29, 1.82) is 0 Å². The van der Waals surface area contributed by atoms with E-state index in [0.717, 1.165) is 20.9 Å². The quantitative estimate of drug-likeness (QED) is 0.207. The summed E-state index contributed by atoms with van der Waals surface area (Å²) in [5.74, 6) is -0.152. The van der Waals surface area contributed by atoms with Crippen LogP contribution in [0.3, 0.4) is 0 Å². The van der Waals surface area contributed by atoms with Crippen LogP contribution in [-0.2, 0) is 16.0 Å². The van der Waals surface area contributed by atoms with Crippen molar-refractivity contribution >= 4 is 55.5 Å². The Bertz CT molecular complexity index is 1540. The SMILES string of the molecule is CCOc1ccc2nc(N3C(=O)C(=O)C(=C(O)c4ccc5c(c4)C[C@@H](C)O5)[C@@H]3c3cccs3)sc2c1. The monoisotopic (exact) mass is 518 g/mol. The molecule has 0 aliphatic carbocycles. The molecule has 0 spiro atoms. The normalized spacial score (nSPS) is 20.7. The van der Waals surface area contributed by atoms with Crippen molar-refractivity contribution in [2.24, 2.45) is 0 Å². The molecule has 6 rings (SSSR count). The fourth-order valence-corrected chi connectivity index (χ4v) is 6.57. The number of aliphatic hydroxyl groups is 1. The number of aromatic nitrogens is 1. The van der Waals surface area contributed by atoms with E-state index in [9.17, 15) is 14.7 Å². The Morgan fingerprint density at radius 1 is 1.22 bits per heavy atom. The summed E-state index contributed by atoms with van der Waals surface area (Å²) in [6.07, 6.45) is 0.769. The number of carbonyl (C=O) groups is 2. The van der Waals surface area contributed by atoms with Crippen LogP contribution in [0.25, 0.3) is 16.0 Å². The van der Waals surface area contributed by atoms with Gasteiger partial charge in [-0.1, -0.05) is 17.4 Å². The molecule has 2 atom stereocenters. The number of Topliss-reactive ketones (excluding diaryl/α,β-unsaturated/α-hetero) is 1. The smallest absolute Gasteiger partial charge is 0.301 e. The number of hydrogen-bond acceptors (Lipinski definition) is 8. The first-order chi connectivity index (χ1) is 17.4. The maximum atomic E-state index is 13.4. The number of ketones is 1. The summed E-state index contributed by atoms with van der Waals surface area (Å²) in [4.78, 5) is 33.6.